The van der Waals surface area contributed by atoms with Crippen molar-refractivity contribution < 1.29 is 9.84 Å². The van der Waals surface area contributed by atoms with E-state index in [9.17, 15) is 5.11 Å². The van der Waals surface area contributed by atoms with E-state index in [0.717, 1.165) is 11.3 Å². The van der Waals surface area contributed by atoms with Crippen molar-refractivity contribution in [2.45, 2.75) is 32.3 Å². The van der Waals surface area contributed by atoms with Gasteiger partial charge in [0.1, 0.15) is 18.0 Å². The SMILES string of the molecule is CC(C)c1cccc2c1OC[C@@]2(C)O. The molecule has 0 unspecified atom stereocenters. The quantitative estimate of drug-likeness (QED) is 0.740. The van der Waals surface area contributed by atoms with E-state index in [2.05, 4.69) is 19.9 Å². The normalized spacial score (nSPS) is 24.9. The van der Waals surface area contributed by atoms with Crippen LogP contribution >= 0.6 is 0 Å². The lowest BCUT2D eigenvalue weighted by Gasteiger charge is -2.14. The summed E-state index contributed by atoms with van der Waals surface area (Å²) in [4.78, 5) is 0. The molecule has 0 aromatic heterocycles. The number of hydrogen-bond acceptors (Lipinski definition) is 2. The molecule has 0 aliphatic carbocycles. The van der Waals surface area contributed by atoms with Crippen LogP contribution in [0.25, 0.3) is 0 Å². The van der Waals surface area contributed by atoms with E-state index in [1.54, 1.807) is 6.92 Å². The number of aliphatic hydroxyl groups is 1. The predicted molar refractivity (Wildman–Crippen MR) is 55.6 cm³/mol. The second-order valence-electron chi connectivity index (χ2n) is 4.44. The first kappa shape index (κ1) is 9.53. The standard InChI is InChI=1S/C12H16O2/c1-8(2)9-5-4-6-10-11(9)14-7-12(10,3)13/h4-6,8,13H,7H2,1-3H3/t12-/m1/s1. The van der Waals surface area contributed by atoms with Crippen LogP contribution in [0.15, 0.2) is 18.2 Å². The Labute approximate surface area is 84.5 Å². The monoisotopic (exact) mass is 192 g/mol. The molecule has 76 valence electrons. The molecule has 1 aromatic carbocycles. The molecule has 0 saturated carbocycles. The smallest absolute Gasteiger partial charge is 0.129 e. The molecule has 0 spiro atoms. The van der Waals surface area contributed by atoms with E-state index in [-0.39, 0.29) is 0 Å². The average molecular weight is 192 g/mol. The molecule has 1 atom stereocenters. The van der Waals surface area contributed by atoms with Gasteiger partial charge in [-0.05, 0) is 18.4 Å². The molecule has 0 amide bonds. The summed E-state index contributed by atoms with van der Waals surface area (Å²) in [6, 6.07) is 5.98. The maximum Gasteiger partial charge on any atom is 0.129 e. The second kappa shape index (κ2) is 2.99. The fourth-order valence-electron chi connectivity index (χ4n) is 1.89. The molecule has 1 aliphatic rings. The van der Waals surface area contributed by atoms with E-state index in [4.69, 9.17) is 4.74 Å². The topological polar surface area (TPSA) is 29.5 Å². The molecule has 1 heterocycles. The fraction of sp³-hybridized carbons (Fsp3) is 0.500. The first-order valence-electron chi connectivity index (χ1n) is 5.01. The van der Waals surface area contributed by atoms with Gasteiger partial charge in [-0.25, -0.2) is 0 Å². The van der Waals surface area contributed by atoms with Crippen molar-refractivity contribution in [2.75, 3.05) is 6.61 Å². The molecule has 1 aromatic rings. The first-order chi connectivity index (χ1) is 6.52. The van der Waals surface area contributed by atoms with Gasteiger partial charge in [-0.15, -0.1) is 0 Å². The number of fused-ring (bicyclic) bond motifs is 1. The molecule has 14 heavy (non-hydrogen) atoms. The van der Waals surface area contributed by atoms with Gasteiger partial charge in [-0.2, -0.15) is 0 Å². The average Bonchev–Trinajstić information content (AvgIpc) is 2.42. The van der Waals surface area contributed by atoms with Crippen LogP contribution in [0.1, 0.15) is 37.8 Å². The minimum absolute atomic E-state index is 0.367. The van der Waals surface area contributed by atoms with E-state index < -0.39 is 5.60 Å². The van der Waals surface area contributed by atoms with Crippen molar-refractivity contribution >= 4 is 0 Å². The molecule has 0 radical (unpaired) electrons. The summed E-state index contributed by atoms with van der Waals surface area (Å²) in [6.07, 6.45) is 0. The highest BCUT2D eigenvalue weighted by molar-refractivity contribution is 5.48. The zero-order valence-electron chi connectivity index (χ0n) is 8.87. The Bertz CT molecular complexity index is 353. The van der Waals surface area contributed by atoms with E-state index >= 15 is 0 Å². The van der Waals surface area contributed by atoms with Crippen LogP contribution < -0.4 is 4.74 Å². The Morgan fingerprint density at radius 1 is 1.43 bits per heavy atom. The Morgan fingerprint density at radius 3 is 2.79 bits per heavy atom. The van der Waals surface area contributed by atoms with Crippen LogP contribution in [0, 0.1) is 0 Å². The molecule has 1 N–H and O–H groups in total. The lowest BCUT2D eigenvalue weighted by molar-refractivity contribution is 0.0348. The van der Waals surface area contributed by atoms with Crippen LogP contribution in [-0.2, 0) is 5.60 Å². The summed E-state index contributed by atoms with van der Waals surface area (Å²) in [5, 5.41) is 10.0. The molecule has 0 fully saturated rings. The highest BCUT2D eigenvalue weighted by atomic mass is 16.5. The summed E-state index contributed by atoms with van der Waals surface area (Å²) in [6.45, 7) is 6.42. The van der Waals surface area contributed by atoms with E-state index in [1.165, 1.54) is 5.56 Å². The van der Waals surface area contributed by atoms with Gasteiger partial charge in [-0.1, -0.05) is 32.0 Å². The van der Waals surface area contributed by atoms with E-state index in [1.807, 2.05) is 12.1 Å². The molecular weight excluding hydrogens is 176 g/mol. The number of benzene rings is 1. The Morgan fingerprint density at radius 2 is 2.14 bits per heavy atom. The maximum atomic E-state index is 10.0. The second-order valence-corrected chi connectivity index (χ2v) is 4.44. The lowest BCUT2D eigenvalue weighted by atomic mass is 9.93. The molecule has 2 nitrogen and oxygen atoms in total. The van der Waals surface area contributed by atoms with Gasteiger partial charge in [0.2, 0.25) is 0 Å². The van der Waals surface area contributed by atoms with Crippen molar-refractivity contribution in [2.24, 2.45) is 0 Å². The van der Waals surface area contributed by atoms with Gasteiger partial charge in [0.05, 0.1) is 0 Å². The van der Waals surface area contributed by atoms with Gasteiger partial charge in [-0.3, -0.25) is 0 Å². The minimum atomic E-state index is -0.819. The van der Waals surface area contributed by atoms with Crippen LogP contribution in [0.4, 0.5) is 0 Å². The van der Waals surface area contributed by atoms with Gasteiger partial charge in [0, 0.05) is 5.56 Å². The van der Waals surface area contributed by atoms with Gasteiger partial charge in [0.25, 0.3) is 0 Å². The number of para-hydroxylation sites is 1. The van der Waals surface area contributed by atoms with Crippen LogP contribution in [-0.4, -0.2) is 11.7 Å². The maximum absolute atomic E-state index is 10.0. The third-order valence-corrected chi connectivity index (χ3v) is 2.75. The molecular formula is C12H16O2. The first-order valence-corrected chi connectivity index (χ1v) is 5.01. The predicted octanol–water partition coefficient (Wildman–Crippen LogP) is 2.41. The fourth-order valence-corrected chi connectivity index (χ4v) is 1.89. The summed E-state index contributed by atoms with van der Waals surface area (Å²) in [7, 11) is 0. The summed E-state index contributed by atoms with van der Waals surface area (Å²) >= 11 is 0. The Hall–Kier alpha value is -1.02. The van der Waals surface area contributed by atoms with E-state index in [0.29, 0.717) is 12.5 Å². The highest BCUT2D eigenvalue weighted by Crippen LogP contribution is 2.41. The number of hydrogen-bond donors (Lipinski definition) is 1. The summed E-state index contributed by atoms with van der Waals surface area (Å²) < 4.78 is 5.56. The zero-order chi connectivity index (χ0) is 10.3. The molecule has 1 aliphatic heterocycles. The third-order valence-electron chi connectivity index (χ3n) is 2.75. The van der Waals surface area contributed by atoms with Crippen molar-refractivity contribution in [3.05, 3.63) is 29.3 Å². The van der Waals surface area contributed by atoms with Gasteiger partial charge in [0.15, 0.2) is 0 Å². The molecule has 0 bridgehead atoms. The van der Waals surface area contributed by atoms with Crippen molar-refractivity contribution in [3.63, 3.8) is 0 Å². The van der Waals surface area contributed by atoms with Crippen molar-refractivity contribution in [1.29, 1.82) is 0 Å². The lowest BCUT2D eigenvalue weighted by Crippen LogP contribution is -2.22. The van der Waals surface area contributed by atoms with Gasteiger partial charge >= 0.3 is 0 Å². The molecule has 0 saturated heterocycles. The van der Waals surface area contributed by atoms with Crippen LogP contribution in [0.3, 0.4) is 0 Å². The number of rotatable bonds is 1. The number of ether oxygens (including phenoxy) is 1. The summed E-state index contributed by atoms with van der Waals surface area (Å²) in [5.41, 5.74) is 1.28. The molecule has 2 rings (SSSR count). The van der Waals surface area contributed by atoms with Crippen LogP contribution in [0.2, 0.25) is 0 Å². The highest BCUT2D eigenvalue weighted by Gasteiger charge is 2.35. The van der Waals surface area contributed by atoms with Crippen LogP contribution in [0.5, 0.6) is 5.75 Å². The zero-order valence-corrected chi connectivity index (χ0v) is 8.87. The molecule has 2 heteroatoms. The largest absolute Gasteiger partial charge is 0.490 e. The Balaban J connectivity index is 2.56. The Kier molecular flexibility index (Phi) is 2.04. The van der Waals surface area contributed by atoms with Crippen molar-refractivity contribution in [3.8, 4) is 5.75 Å². The van der Waals surface area contributed by atoms with Gasteiger partial charge < -0.3 is 9.84 Å². The minimum Gasteiger partial charge on any atom is -0.490 e. The third kappa shape index (κ3) is 1.30. The summed E-state index contributed by atoms with van der Waals surface area (Å²) in [5.74, 6) is 1.31. The van der Waals surface area contributed by atoms with Crippen molar-refractivity contribution in [1.82, 2.24) is 0 Å².